The standard InChI is InChI=1S/C34H37N3O5S/c1-23-9-5-6-12-28(23)35-33-36-29-18-13-24(21-30(29)41-33)22-31(38)34(37-19-7-8-20-37,43-27-10-3-2-4-11-27)42-26-16-14-25(15-17-26)32(39)40/h2-6,9-13,18,21,25-26H,7-8,14-17,19-20,22H2,1H3,(H,35,36)(H,39,40). The smallest absolute Gasteiger partial charge is 0.306 e. The number of fused-ring (bicyclic) bond motifs is 1. The SMILES string of the molecule is Cc1ccccc1Nc1nc2ccc(CC(=O)C(OC3CCC(C(=O)O)CC3)(Sc3ccccc3)N3CCCC3)cc2o1. The van der Waals surface area contributed by atoms with E-state index in [2.05, 4.69) is 15.2 Å². The number of likely N-dealkylation sites (tertiary alicyclic amines) is 1. The van der Waals surface area contributed by atoms with Gasteiger partial charge in [0.25, 0.3) is 6.01 Å². The van der Waals surface area contributed by atoms with Crippen LogP contribution in [0.3, 0.4) is 0 Å². The number of aliphatic carboxylic acids is 1. The summed E-state index contributed by atoms with van der Waals surface area (Å²) in [5.74, 6) is -1.13. The van der Waals surface area contributed by atoms with E-state index < -0.39 is 11.0 Å². The van der Waals surface area contributed by atoms with E-state index in [1.54, 1.807) is 0 Å². The maximum absolute atomic E-state index is 14.6. The lowest BCUT2D eigenvalue weighted by Crippen LogP contribution is -2.55. The number of nitrogens with zero attached hydrogens (tertiary/aromatic N) is 2. The van der Waals surface area contributed by atoms with Crippen molar-refractivity contribution >= 4 is 46.3 Å². The maximum atomic E-state index is 14.6. The molecule has 4 aromatic rings. The van der Waals surface area contributed by atoms with Gasteiger partial charge in [0.05, 0.1) is 12.0 Å². The molecule has 1 aliphatic heterocycles. The van der Waals surface area contributed by atoms with Crippen LogP contribution in [0.4, 0.5) is 11.7 Å². The summed E-state index contributed by atoms with van der Waals surface area (Å²) in [4.78, 5) is 33.9. The first-order valence-electron chi connectivity index (χ1n) is 15.0. The Balaban J connectivity index is 1.28. The lowest BCUT2D eigenvalue weighted by molar-refractivity contribution is -0.165. The van der Waals surface area contributed by atoms with Gasteiger partial charge in [-0.2, -0.15) is 4.98 Å². The average molecular weight is 600 g/mol. The molecule has 0 amide bonds. The van der Waals surface area contributed by atoms with Crippen molar-refractivity contribution in [3.8, 4) is 0 Å². The molecule has 9 heteroatoms. The number of ether oxygens (including phenoxy) is 1. The molecule has 1 saturated heterocycles. The van der Waals surface area contributed by atoms with Crippen LogP contribution in [-0.2, 0) is 20.7 Å². The van der Waals surface area contributed by atoms with Crippen LogP contribution in [0.15, 0.2) is 82.1 Å². The molecule has 2 aliphatic rings. The number of oxazole rings is 1. The fourth-order valence-corrected chi connectivity index (χ4v) is 7.33. The second-order valence-electron chi connectivity index (χ2n) is 11.5. The largest absolute Gasteiger partial charge is 0.481 e. The molecule has 1 aliphatic carbocycles. The van der Waals surface area contributed by atoms with Crippen LogP contribution >= 0.6 is 11.8 Å². The minimum atomic E-state index is -1.22. The molecule has 3 aromatic carbocycles. The van der Waals surface area contributed by atoms with E-state index in [0.29, 0.717) is 42.8 Å². The number of carbonyl (C=O) groups is 2. The molecule has 224 valence electrons. The van der Waals surface area contributed by atoms with Gasteiger partial charge < -0.3 is 19.6 Å². The van der Waals surface area contributed by atoms with Crippen LogP contribution in [0.2, 0.25) is 0 Å². The van der Waals surface area contributed by atoms with Gasteiger partial charge in [0, 0.05) is 30.1 Å². The molecule has 43 heavy (non-hydrogen) atoms. The normalized spacial score (nSPS) is 20.6. The van der Waals surface area contributed by atoms with Crippen molar-refractivity contribution in [2.24, 2.45) is 5.92 Å². The summed E-state index contributed by atoms with van der Waals surface area (Å²) in [5, 5.41) is 11.6. The molecular formula is C34H37N3O5S. The number of aromatic nitrogens is 1. The van der Waals surface area contributed by atoms with Crippen molar-refractivity contribution in [2.45, 2.75) is 67.9 Å². The summed E-state index contributed by atoms with van der Waals surface area (Å²) in [5.41, 5.74) is 4.15. The predicted molar refractivity (Wildman–Crippen MR) is 167 cm³/mol. The number of carboxylic acid groups (broad SMARTS) is 1. The Morgan fingerprint density at radius 1 is 1.02 bits per heavy atom. The van der Waals surface area contributed by atoms with Gasteiger partial charge in [0.1, 0.15) is 5.52 Å². The molecule has 2 fully saturated rings. The number of benzene rings is 3. The first-order chi connectivity index (χ1) is 20.9. The molecule has 1 unspecified atom stereocenters. The first kappa shape index (κ1) is 29.4. The number of carbonyl (C=O) groups excluding carboxylic acids is 1. The van der Waals surface area contributed by atoms with Gasteiger partial charge in [-0.3, -0.25) is 14.5 Å². The van der Waals surface area contributed by atoms with Gasteiger partial charge in [-0.05, 0) is 86.9 Å². The molecule has 1 saturated carbocycles. The fourth-order valence-electron chi connectivity index (χ4n) is 6.03. The van der Waals surface area contributed by atoms with Crippen molar-refractivity contribution in [2.75, 3.05) is 18.4 Å². The Kier molecular flexibility index (Phi) is 8.83. The number of para-hydroxylation sites is 1. The van der Waals surface area contributed by atoms with E-state index in [4.69, 9.17) is 9.15 Å². The van der Waals surface area contributed by atoms with Crippen LogP contribution in [0, 0.1) is 12.8 Å². The van der Waals surface area contributed by atoms with Crippen molar-refractivity contribution in [1.82, 2.24) is 9.88 Å². The third kappa shape index (κ3) is 6.64. The summed E-state index contributed by atoms with van der Waals surface area (Å²) >= 11 is 1.46. The number of thioether (sulfide) groups is 1. The Morgan fingerprint density at radius 2 is 1.74 bits per heavy atom. The second kappa shape index (κ2) is 12.9. The highest BCUT2D eigenvalue weighted by Crippen LogP contribution is 2.43. The quantitative estimate of drug-likeness (QED) is 0.137. The summed E-state index contributed by atoms with van der Waals surface area (Å²) in [6, 6.07) is 24.0. The molecule has 2 heterocycles. The summed E-state index contributed by atoms with van der Waals surface area (Å²) in [6.45, 7) is 3.56. The van der Waals surface area contributed by atoms with E-state index in [0.717, 1.165) is 47.6 Å². The van der Waals surface area contributed by atoms with Gasteiger partial charge in [-0.1, -0.05) is 54.2 Å². The third-order valence-electron chi connectivity index (χ3n) is 8.43. The Labute approximate surface area is 255 Å². The lowest BCUT2D eigenvalue weighted by atomic mass is 9.87. The second-order valence-corrected chi connectivity index (χ2v) is 12.7. The Hall–Kier alpha value is -3.66. The summed E-state index contributed by atoms with van der Waals surface area (Å²) in [7, 11) is 0. The van der Waals surface area contributed by atoms with Crippen molar-refractivity contribution in [3.63, 3.8) is 0 Å². The molecule has 2 N–H and O–H groups in total. The van der Waals surface area contributed by atoms with Crippen molar-refractivity contribution in [1.29, 1.82) is 0 Å². The molecule has 8 nitrogen and oxygen atoms in total. The molecule has 6 rings (SSSR count). The van der Waals surface area contributed by atoms with Gasteiger partial charge >= 0.3 is 5.97 Å². The fraction of sp³-hybridized carbons (Fsp3) is 0.382. The summed E-state index contributed by atoms with van der Waals surface area (Å²) < 4.78 is 13.0. The molecule has 1 atom stereocenters. The van der Waals surface area contributed by atoms with Crippen LogP contribution in [0.5, 0.6) is 0 Å². The number of carboxylic acids is 1. The average Bonchev–Trinajstić information content (AvgIpc) is 3.69. The molecular weight excluding hydrogens is 562 g/mol. The number of Topliss-reactive ketones (excluding diaryl/α,β-unsaturated/α-hetero) is 1. The zero-order valence-electron chi connectivity index (χ0n) is 24.3. The van der Waals surface area contributed by atoms with E-state index in [9.17, 15) is 14.7 Å². The highest BCUT2D eigenvalue weighted by molar-refractivity contribution is 8.01. The molecule has 0 spiro atoms. The minimum absolute atomic E-state index is 0.0271. The minimum Gasteiger partial charge on any atom is -0.481 e. The highest BCUT2D eigenvalue weighted by atomic mass is 32.2. The van der Waals surface area contributed by atoms with Crippen molar-refractivity contribution < 1.29 is 23.8 Å². The van der Waals surface area contributed by atoms with E-state index >= 15 is 0 Å². The van der Waals surface area contributed by atoms with Gasteiger partial charge in [-0.25, -0.2) is 0 Å². The zero-order valence-corrected chi connectivity index (χ0v) is 25.1. The van der Waals surface area contributed by atoms with Crippen LogP contribution in [0.1, 0.15) is 49.7 Å². The number of nitrogens with one attached hydrogen (secondary N) is 1. The number of anilines is 2. The van der Waals surface area contributed by atoms with E-state index in [1.165, 1.54) is 11.8 Å². The van der Waals surface area contributed by atoms with Crippen LogP contribution in [-0.4, -0.2) is 51.0 Å². The third-order valence-corrected chi connectivity index (χ3v) is 9.79. The van der Waals surface area contributed by atoms with Crippen LogP contribution < -0.4 is 5.32 Å². The predicted octanol–water partition coefficient (Wildman–Crippen LogP) is 7.19. The molecule has 0 radical (unpaired) electrons. The van der Waals surface area contributed by atoms with E-state index in [-0.39, 0.29) is 24.2 Å². The van der Waals surface area contributed by atoms with E-state index in [1.807, 2.05) is 79.7 Å². The number of aryl methyl sites for hydroxylation is 1. The summed E-state index contributed by atoms with van der Waals surface area (Å²) in [6.07, 6.45) is 4.33. The monoisotopic (exact) mass is 599 g/mol. The Bertz CT molecular complexity index is 1580. The van der Waals surface area contributed by atoms with Gasteiger partial charge in [0.2, 0.25) is 5.06 Å². The first-order valence-corrected chi connectivity index (χ1v) is 15.9. The number of hydrogen-bond donors (Lipinski definition) is 2. The number of rotatable bonds is 11. The lowest BCUT2D eigenvalue weighted by Gasteiger charge is -2.43. The molecule has 1 aromatic heterocycles. The van der Waals surface area contributed by atoms with Crippen LogP contribution in [0.25, 0.3) is 11.1 Å². The van der Waals surface area contributed by atoms with Gasteiger partial charge in [0.15, 0.2) is 11.4 Å². The van der Waals surface area contributed by atoms with Crippen molar-refractivity contribution in [3.05, 3.63) is 83.9 Å². The van der Waals surface area contributed by atoms with Gasteiger partial charge in [-0.15, -0.1) is 0 Å². The Morgan fingerprint density at radius 3 is 2.47 bits per heavy atom. The zero-order chi connectivity index (χ0) is 29.8. The topological polar surface area (TPSA) is 105 Å². The number of hydrogen-bond acceptors (Lipinski definition) is 8. The molecule has 0 bridgehead atoms. The highest BCUT2D eigenvalue weighted by Gasteiger charge is 2.49. The number of ketones is 1. The maximum Gasteiger partial charge on any atom is 0.306 e.